The molecular weight excluding hydrogens is 528 g/mol. The van der Waals surface area contributed by atoms with Crippen LogP contribution in [0, 0.1) is 11.7 Å². The van der Waals surface area contributed by atoms with E-state index in [2.05, 4.69) is 17.2 Å². The predicted molar refractivity (Wildman–Crippen MR) is 140 cm³/mol. The Bertz CT molecular complexity index is 1340. The molecule has 0 aliphatic carbocycles. The molecule has 2 aliphatic rings. The molecule has 11 heteroatoms. The molecule has 0 saturated carbocycles. The first-order valence-corrected chi connectivity index (χ1v) is 12.8. The number of hydrogen-bond donors (Lipinski definition) is 2. The van der Waals surface area contributed by atoms with Gasteiger partial charge in [0.05, 0.1) is 29.4 Å². The van der Waals surface area contributed by atoms with Crippen LogP contribution in [-0.2, 0) is 22.3 Å². The Morgan fingerprint density at radius 2 is 1.82 bits per heavy atom. The SMILES string of the molecule is C=CCN1C(=O)N[C@H](c2ccccc2C(F)(F)F)C2=C1CN([C@@H](CC(C)C)C(=O)NCc1ccc(F)cc1)C2=O. The monoisotopic (exact) mass is 558 g/mol. The van der Waals surface area contributed by atoms with Crippen LogP contribution in [-0.4, -0.2) is 46.8 Å². The third kappa shape index (κ3) is 5.88. The van der Waals surface area contributed by atoms with Gasteiger partial charge in [-0.2, -0.15) is 13.2 Å². The Balaban J connectivity index is 1.70. The first kappa shape index (κ1) is 28.8. The fourth-order valence-corrected chi connectivity index (χ4v) is 5.06. The molecule has 2 aliphatic heterocycles. The number of alkyl halides is 3. The molecule has 0 unspecified atom stereocenters. The molecule has 2 atom stereocenters. The lowest BCUT2D eigenvalue weighted by Crippen LogP contribution is -2.49. The van der Waals surface area contributed by atoms with Gasteiger partial charge in [-0.15, -0.1) is 6.58 Å². The Labute approximate surface area is 229 Å². The second kappa shape index (κ2) is 11.5. The summed E-state index contributed by atoms with van der Waals surface area (Å²) in [6.45, 7) is 7.38. The second-order valence-corrected chi connectivity index (χ2v) is 10.1. The average molecular weight is 559 g/mol. The molecular formula is C29H30F4N4O3. The van der Waals surface area contributed by atoms with E-state index in [4.69, 9.17) is 0 Å². The molecule has 0 fully saturated rings. The summed E-state index contributed by atoms with van der Waals surface area (Å²) in [7, 11) is 0. The van der Waals surface area contributed by atoms with Gasteiger partial charge in [0, 0.05) is 13.1 Å². The van der Waals surface area contributed by atoms with E-state index in [-0.39, 0.29) is 48.8 Å². The maximum atomic E-state index is 13.9. The molecule has 2 heterocycles. The number of rotatable bonds is 9. The molecule has 2 N–H and O–H groups in total. The Hall–Kier alpha value is -4.15. The highest BCUT2D eigenvalue weighted by molar-refractivity contribution is 6.03. The largest absolute Gasteiger partial charge is 0.416 e. The predicted octanol–water partition coefficient (Wildman–Crippen LogP) is 4.92. The van der Waals surface area contributed by atoms with Crippen LogP contribution in [0.5, 0.6) is 0 Å². The van der Waals surface area contributed by atoms with Crippen molar-refractivity contribution in [1.82, 2.24) is 20.4 Å². The highest BCUT2D eigenvalue weighted by Crippen LogP contribution is 2.42. The minimum absolute atomic E-state index is 0.0155. The number of benzene rings is 2. The summed E-state index contributed by atoms with van der Waals surface area (Å²) >= 11 is 0. The molecule has 4 rings (SSSR count). The topological polar surface area (TPSA) is 81.8 Å². The van der Waals surface area contributed by atoms with Crippen molar-refractivity contribution < 1.29 is 31.9 Å². The third-order valence-corrected chi connectivity index (χ3v) is 6.89. The van der Waals surface area contributed by atoms with Crippen molar-refractivity contribution in [1.29, 1.82) is 0 Å². The van der Waals surface area contributed by atoms with Crippen molar-refractivity contribution in [3.05, 3.63) is 95.0 Å². The summed E-state index contributed by atoms with van der Waals surface area (Å²) in [5, 5.41) is 5.35. The maximum absolute atomic E-state index is 13.9. The third-order valence-electron chi connectivity index (χ3n) is 6.89. The Kier molecular flexibility index (Phi) is 8.32. The maximum Gasteiger partial charge on any atom is 0.416 e. The van der Waals surface area contributed by atoms with Gasteiger partial charge in [-0.25, -0.2) is 9.18 Å². The molecule has 0 saturated heterocycles. The van der Waals surface area contributed by atoms with Gasteiger partial charge in [0.25, 0.3) is 5.91 Å². The van der Waals surface area contributed by atoms with Crippen molar-refractivity contribution in [3.8, 4) is 0 Å². The van der Waals surface area contributed by atoms with Gasteiger partial charge in [-0.05, 0) is 41.7 Å². The number of carbonyl (C=O) groups excluding carboxylic acids is 3. The fraction of sp³-hybridized carbons (Fsp3) is 0.345. The molecule has 212 valence electrons. The van der Waals surface area contributed by atoms with Gasteiger partial charge < -0.3 is 15.5 Å². The summed E-state index contributed by atoms with van der Waals surface area (Å²) in [5.41, 5.74) is -0.357. The van der Waals surface area contributed by atoms with Crippen LogP contribution in [0.2, 0.25) is 0 Å². The molecule has 0 bridgehead atoms. The van der Waals surface area contributed by atoms with Crippen LogP contribution >= 0.6 is 0 Å². The van der Waals surface area contributed by atoms with E-state index in [1.54, 1.807) is 0 Å². The zero-order valence-electron chi connectivity index (χ0n) is 22.1. The van der Waals surface area contributed by atoms with Crippen molar-refractivity contribution in [2.45, 2.75) is 45.1 Å². The van der Waals surface area contributed by atoms with E-state index in [0.29, 0.717) is 5.56 Å². The molecule has 4 amide bonds. The number of halogens is 4. The van der Waals surface area contributed by atoms with Gasteiger partial charge in [-0.1, -0.05) is 50.3 Å². The van der Waals surface area contributed by atoms with Gasteiger partial charge >= 0.3 is 12.2 Å². The lowest BCUT2D eigenvalue weighted by atomic mass is 9.91. The van der Waals surface area contributed by atoms with Crippen LogP contribution in [0.1, 0.15) is 43.0 Å². The zero-order chi connectivity index (χ0) is 29.2. The Morgan fingerprint density at radius 3 is 2.45 bits per heavy atom. The van der Waals surface area contributed by atoms with E-state index in [0.717, 1.165) is 6.07 Å². The highest BCUT2D eigenvalue weighted by atomic mass is 19.4. The summed E-state index contributed by atoms with van der Waals surface area (Å²) in [6, 6.07) is 7.40. The lowest BCUT2D eigenvalue weighted by molar-refractivity contribution is -0.139. The van der Waals surface area contributed by atoms with Crippen LogP contribution in [0.25, 0.3) is 0 Å². The quantitative estimate of drug-likeness (QED) is 0.339. The van der Waals surface area contributed by atoms with Crippen molar-refractivity contribution in [2.75, 3.05) is 13.1 Å². The summed E-state index contributed by atoms with van der Waals surface area (Å²) < 4.78 is 55.0. The average Bonchev–Trinajstić information content (AvgIpc) is 3.24. The van der Waals surface area contributed by atoms with Gasteiger partial charge in [-0.3, -0.25) is 14.5 Å². The highest BCUT2D eigenvalue weighted by Gasteiger charge is 2.48. The number of nitrogens with zero attached hydrogens (tertiary/aromatic N) is 2. The summed E-state index contributed by atoms with van der Waals surface area (Å²) in [4.78, 5) is 43.0. The minimum Gasteiger partial charge on any atom is -0.350 e. The molecule has 2 aromatic rings. The Morgan fingerprint density at radius 1 is 1.15 bits per heavy atom. The number of carbonyl (C=O) groups is 3. The summed E-state index contributed by atoms with van der Waals surface area (Å²) in [6.07, 6.45) is -3.00. The summed E-state index contributed by atoms with van der Waals surface area (Å²) in [5.74, 6) is -1.53. The van der Waals surface area contributed by atoms with Crippen LogP contribution < -0.4 is 10.6 Å². The molecule has 2 aromatic carbocycles. The van der Waals surface area contributed by atoms with Gasteiger partial charge in [0.1, 0.15) is 11.9 Å². The van der Waals surface area contributed by atoms with Crippen molar-refractivity contribution in [2.24, 2.45) is 5.92 Å². The van der Waals surface area contributed by atoms with Gasteiger partial charge in [0.15, 0.2) is 0 Å². The van der Waals surface area contributed by atoms with Crippen molar-refractivity contribution in [3.63, 3.8) is 0 Å². The van der Waals surface area contributed by atoms with E-state index in [1.165, 1.54) is 58.3 Å². The lowest BCUT2D eigenvalue weighted by Gasteiger charge is -2.33. The van der Waals surface area contributed by atoms with Crippen molar-refractivity contribution >= 4 is 17.8 Å². The molecule has 40 heavy (non-hydrogen) atoms. The standard InChI is InChI=1S/C29H30F4N4O3/c1-4-13-36-23-16-37(22(14-17(2)3)26(38)34-15-18-9-11-19(30)12-10-18)27(39)24(23)25(35-28(36)40)20-7-5-6-8-21(20)29(31,32)33/h4-12,17,22,25H,1,13-16H2,2-3H3,(H,34,38)(H,35,40)/t22-,25+/m0/s1. The number of urea groups is 1. The van der Waals surface area contributed by atoms with Crippen LogP contribution in [0.3, 0.4) is 0 Å². The van der Waals surface area contributed by atoms with E-state index in [1.807, 2.05) is 13.8 Å². The molecule has 0 aromatic heterocycles. The normalized spacial score (nSPS) is 18.1. The fourth-order valence-electron chi connectivity index (χ4n) is 5.06. The molecule has 0 radical (unpaired) electrons. The minimum atomic E-state index is -4.72. The number of hydrogen-bond acceptors (Lipinski definition) is 3. The smallest absolute Gasteiger partial charge is 0.350 e. The number of nitrogens with one attached hydrogen (secondary N) is 2. The van der Waals surface area contributed by atoms with Gasteiger partial charge in [0.2, 0.25) is 5.91 Å². The van der Waals surface area contributed by atoms with Crippen LogP contribution in [0.4, 0.5) is 22.4 Å². The first-order chi connectivity index (χ1) is 18.9. The molecule has 7 nitrogen and oxygen atoms in total. The molecule has 0 spiro atoms. The van der Waals surface area contributed by atoms with Crippen LogP contribution in [0.15, 0.2) is 72.5 Å². The first-order valence-electron chi connectivity index (χ1n) is 12.8. The van der Waals surface area contributed by atoms with E-state index >= 15 is 0 Å². The second-order valence-electron chi connectivity index (χ2n) is 10.1. The van der Waals surface area contributed by atoms with E-state index < -0.39 is 47.5 Å². The number of amides is 4. The zero-order valence-corrected chi connectivity index (χ0v) is 22.1. The van der Waals surface area contributed by atoms with E-state index in [9.17, 15) is 31.9 Å².